The summed E-state index contributed by atoms with van der Waals surface area (Å²) in [7, 11) is 0. The number of alkyl halides is 5. The van der Waals surface area contributed by atoms with Gasteiger partial charge in [-0.25, -0.2) is 14.8 Å². The molecule has 3 rings (SSSR count). The normalized spacial score (nSPS) is 12.5. The molecule has 0 atom stereocenters. The smallest absolute Gasteiger partial charge is 0.459 e. The molecule has 0 amide bonds. The fourth-order valence-electron chi connectivity index (χ4n) is 2.69. The van der Waals surface area contributed by atoms with Crippen LogP contribution in [-0.2, 0) is 10.7 Å². The minimum absolute atomic E-state index is 0.0807. The van der Waals surface area contributed by atoms with Gasteiger partial charge in [-0.05, 0) is 37.6 Å². The van der Waals surface area contributed by atoms with Gasteiger partial charge in [0.05, 0.1) is 6.61 Å². The molecule has 28 heavy (non-hydrogen) atoms. The van der Waals surface area contributed by atoms with Gasteiger partial charge in [0.1, 0.15) is 17.0 Å². The quantitative estimate of drug-likeness (QED) is 0.470. The van der Waals surface area contributed by atoms with E-state index in [1.54, 1.807) is 6.92 Å². The van der Waals surface area contributed by atoms with Crippen LogP contribution in [0, 0.1) is 0 Å². The van der Waals surface area contributed by atoms with E-state index in [-0.39, 0.29) is 40.1 Å². The van der Waals surface area contributed by atoms with Crippen molar-refractivity contribution in [2.75, 3.05) is 6.61 Å². The van der Waals surface area contributed by atoms with Gasteiger partial charge in [0.2, 0.25) is 0 Å². The molecule has 0 aliphatic heterocycles. The Kier molecular flexibility index (Phi) is 4.60. The van der Waals surface area contributed by atoms with Crippen LogP contribution in [-0.4, -0.2) is 33.1 Å². The number of hydrogen-bond acceptors (Lipinski definition) is 4. The Morgan fingerprint density at radius 3 is 2.46 bits per heavy atom. The van der Waals surface area contributed by atoms with Crippen molar-refractivity contribution in [3.63, 3.8) is 0 Å². The Morgan fingerprint density at radius 1 is 1.21 bits per heavy atom. The van der Waals surface area contributed by atoms with E-state index in [4.69, 9.17) is 4.74 Å². The highest BCUT2D eigenvalue weighted by Gasteiger charge is 2.60. The van der Waals surface area contributed by atoms with Crippen molar-refractivity contribution in [3.05, 3.63) is 47.9 Å². The summed E-state index contributed by atoms with van der Waals surface area (Å²) in [6, 6.07) is 3.63. The lowest BCUT2D eigenvalue weighted by Crippen LogP contribution is -2.34. The molecule has 0 saturated heterocycles. The summed E-state index contributed by atoms with van der Waals surface area (Å²) < 4.78 is 72.5. The van der Waals surface area contributed by atoms with Crippen molar-refractivity contribution in [2.24, 2.45) is 0 Å². The maximum atomic E-state index is 14.0. The van der Waals surface area contributed by atoms with E-state index < -0.39 is 23.8 Å². The number of nitrogens with zero attached hydrogens (tertiary/aromatic N) is 3. The van der Waals surface area contributed by atoms with Gasteiger partial charge in [0, 0.05) is 11.6 Å². The molecule has 3 aromatic heterocycles. The zero-order valence-corrected chi connectivity index (χ0v) is 14.8. The number of aromatic nitrogens is 3. The van der Waals surface area contributed by atoms with Gasteiger partial charge in [-0.2, -0.15) is 22.0 Å². The molecule has 3 heterocycles. The first-order valence-electron chi connectivity index (χ1n) is 8.08. The molecule has 0 radical (unpaired) electrons. The van der Waals surface area contributed by atoms with Crippen LogP contribution >= 0.6 is 0 Å². The van der Waals surface area contributed by atoms with Crippen molar-refractivity contribution < 1.29 is 31.5 Å². The zero-order valence-electron chi connectivity index (χ0n) is 14.8. The molecular formula is C18H14F5N3O2. The number of carbonyl (C=O) groups excluding carboxylic acids is 1. The van der Waals surface area contributed by atoms with E-state index in [2.05, 4.69) is 16.5 Å². The van der Waals surface area contributed by atoms with Gasteiger partial charge in [0.15, 0.2) is 5.69 Å². The van der Waals surface area contributed by atoms with Crippen LogP contribution in [0.2, 0.25) is 0 Å². The minimum atomic E-state index is -5.82. The summed E-state index contributed by atoms with van der Waals surface area (Å²) in [6.07, 6.45) is -4.64. The van der Waals surface area contributed by atoms with Crippen LogP contribution in [0.1, 0.15) is 35.6 Å². The molecule has 0 N–H and O–H groups in total. The second-order valence-electron chi connectivity index (χ2n) is 6.05. The minimum Gasteiger partial charge on any atom is -0.461 e. The number of esters is 1. The third-order valence-electron chi connectivity index (χ3n) is 4.02. The highest BCUT2D eigenvalue weighted by Crippen LogP contribution is 2.44. The molecule has 0 bridgehead atoms. The molecule has 0 aliphatic carbocycles. The van der Waals surface area contributed by atoms with E-state index in [9.17, 15) is 26.7 Å². The summed E-state index contributed by atoms with van der Waals surface area (Å²) in [6.45, 7) is 6.81. The Labute approximate surface area is 155 Å². The zero-order chi connectivity index (χ0) is 20.9. The van der Waals surface area contributed by atoms with Crippen LogP contribution < -0.4 is 0 Å². The number of pyridine rings is 2. The predicted molar refractivity (Wildman–Crippen MR) is 91.1 cm³/mol. The van der Waals surface area contributed by atoms with Crippen LogP contribution in [0.4, 0.5) is 22.0 Å². The first kappa shape index (κ1) is 19.7. The Hall–Kier alpha value is -3.04. The summed E-state index contributed by atoms with van der Waals surface area (Å²) in [5.41, 5.74) is -1.30. The second kappa shape index (κ2) is 6.54. The molecule has 0 saturated carbocycles. The molecule has 3 aromatic rings. The van der Waals surface area contributed by atoms with Gasteiger partial charge in [-0.15, -0.1) is 0 Å². The number of ether oxygens (including phenoxy) is 1. The first-order chi connectivity index (χ1) is 13.0. The first-order valence-corrected chi connectivity index (χ1v) is 8.08. The molecule has 5 nitrogen and oxygen atoms in total. The lowest BCUT2D eigenvalue weighted by molar-refractivity contribution is -0.290. The molecule has 0 aliphatic rings. The Bertz CT molecular complexity index is 1100. The number of allylic oxidation sites excluding steroid dienone is 1. The number of halogens is 5. The maximum Gasteiger partial charge on any atom is 0.459 e. The largest absolute Gasteiger partial charge is 0.461 e. The average Bonchev–Trinajstić information content (AvgIpc) is 3.04. The molecule has 0 fully saturated rings. The van der Waals surface area contributed by atoms with Crippen molar-refractivity contribution in [2.45, 2.75) is 25.9 Å². The lowest BCUT2D eigenvalue weighted by atomic mass is 10.0. The van der Waals surface area contributed by atoms with E-state index in [0.717, 1.165) is 0 Å². The number of rotatable bonds is 4. The molecule has 0 unspecified atom stereocenters. The third-order valence-corrected chi connectivity index (χ3v) is 4.02. The molecule has 0 aromatic carbocycles. The number of hydrogen-bond donors (Lipinski definition) is 0. The number of carbonyl (C=O) groups is 1. The van der Waals surface area contributed by atoms with Crippen molar-refractivity contribution in [1.29, 1.82) is 0 Å². The lowest BCUT2D eigenvalue weighted by Gasteiger charge is -2.20. The summed E-state index contributed by atoms with van der Waals surface area (Å²) in [5, 5.41) is 0.287. The van der Waals surface area contributed by atoms with Crippen LogP contribution in [0.25, 0.3) is 22.3 Å². The summed E-state index contributed by atoms with van der Waals surface area (Å²) in [5.74, 6) is -5.92. The molecular weight excluding hydrogens is 385 g/mol. The van der Waals surface area contributed by atoms with Gasteiger partial charge in [-0.3, -0.25) is 4.40 Å². The summed E-state index contributed by atoms with van der Waals surface area (Å²) >= 11 is 0. The van der Waals surface area contributed by atoms with Crippen molar-refractivity contribution in [3.8, 4) is 0 Å². The second-order valence-corrected chi connectivity index (χ2v) is 6.05. The standard InChI is InChI=1S/C18H14F5N3O2/c1-4-28-16(27)12-8-26-14(24-12)6-5-10-11(9(2)3)7-13(25-15(10)26)17(19,20)18(21,22)23/h5-8H,2,4H2,1,3H3. The summed E-state index contributed by atoms with van der Waals surface area (Å²) in [4.78, 5) is 19.5. The fourth-order valence-corrected chi connectivity index (χ4v) is 2.69. The Balaban J connectivity index is 2.36. The van der Waals surface area contributed by atoms with Crippen molar-refractivity contribution >= 4 is 28.2 Å². The maximum absolute atomic E-state index is 14.0. The number of fused-ring (bicyclic) bond motifs is 3. The van der Waals surface area contributed by atoms with E-state index in [1.165, 1.54) is 29.7 Å². The molecule has 0 spiro atoms. The van der Waals surface area contributed by atoms with Crippen LogP contribution in [0.3, 0.4) is 0 Å². The topological polar surface area (TPSA) is 56.5 Å². The van der Waals surface area contributed by atoms with Gasteiger partial charge in [-0.1, -0.05) is 12.2 Å². The highest BCUT2D eigenvalue weighted by molar-refractivity contribution is 5.92. The van der Waals surface area contributed by atoms with Crippen molar-refractivity contribution in [1.82, 2.24) is 14.4 Å². The third kappa shape index (κ3) is 3.08. The van der Waals surface area contributed by atoms with E-state index in [0.29, 0.717) is 6.07 Å². The van der Waals surface area contributed by atoms with E-state index in [1.807, 2.05) is 0 Å². The SMILES string of the molecule is C=C(C)c1cc(C(F)(F)C(F)(F)F)nc2c1ccc1nc(C(=O)OCC)cn12. The van der Waals surface area contributed by atoms with Crippen LogP contribution in [0.5, 0.6) is 0 Å². The fraction of sp³-hybridized carbons (Fsp3) is 0.278. The van der Waals surface area contributed by atoms with E-state index >= 15 is 0 Å². The van der Waals surface area contributed by atoms with Gasteiger partial charge in [0.25, 0.3) is 0 Å². The number of imidazole rings is 1. The Morgan fingerprint density at radius 2 is 1.89 bits per heavy atom. The molecule has 148 valence electrons. The van der Waals surface area contributed by atoms with Crippen LogP contribution in [0.15, 0.2) is 31.0 Å². The molecule has 10 heteroatoms. The monoisotopic (exact) mass is 399 g/mol. The highest BCUT2D eigenvalue weighted by atomic mass is 19.4. The van der Waals surface area contributed by atoms with Gasteiger partial charge < -0.3 is 4.74 Å². The predicted octanol–water partition coefficient (Wildman–Crippen LogP) is 4.75. The average molecular weight is 399 g/mol. The van der Waals surface area contributed by atoms with Gasteiger partial charge >= 0.3 is 18.1 Å².